The fourth-order valence-electron chi connectivity index (χ4n) is 8.77. The topological polar surface area (TPSA) is 124 Å². The summed E-state index contributed by atoms with van der Waals surface area (Å²) in [4.78, 5) is 30.2. The standard InChI is InChI=1S/C40H48ClN5O6S/c1-25-6-4-8-35(50-2)31-14-9-28(31)20-45-23-40(17-5-7-26-18-29(41)11-15-33(26)40)24-52-36-16-10-27(19-34(36)45)37(47)43-53(49,22-25)44-38(48)32-21-46(30-12-13-30)42-39(32)51-3/h4,8,10-11,15-16,18-19,21,25,28,30-31,35H,5-7,9,12-14,17,20,22-24H2,1-3H3,(H,43,44,47,48,49)/b8-4+/t25-,28-,31+,35-,40-,53?/m0/s1. The number of aromatic nitrogens is 2. The van der Waals surface area contributed by atoms with Crippen molar-refractivity contribution in [2.75, 3.05) is 44.6 Å². The molecule has 8 rings (SSSR count). The van der Waals surface area contributed by atoms with E-state index in [4.69, 9.17) is 25.8 Å². The molecule has 1 unspecified atom stereocenters. The van der Waals surface area contributed by atoms with Gasteiger partial charge in [-0.2, -0.15) is 0 Å². The molecule has 1 spiro atoms. The van der Waals surface area contributed by atoms with Gasteiger partial charge in [-0.1, -0.05) is 36.7 Å². The molecule has 2 aromatic carbocycles. The second-order valence-corrected chi connectivity index (χ2v) is 18.1. The van der Waals surface area contributed by atoms with Crippen LogP contribution in [0.5, 0.6) is 11.6 Å². The number of ether oxygens (including phenoxy) is 3. The summed E-state index contributed by atoms with van der Waals surface area (Å²) in [5, 5.41) is 5.15. The molecule has 2 aliphatic heterocycles. The van der Waals surface area contributed by atoms with E-state index in [1.54, 1.807) is 24.1 Å². The van der Waals surface area contributed by atoms with Crippen molar-refractivity contribution in [3.05, 3.63) is 82.0 Å². The maximum atomic E-state index is 14.7. The molecule has 0 saturated heterocycles. The van der Waals surface area contributed by atoms with Gasteiger partial charge in [-0.05, 0) is 111 Å². The number of halogens is 1. The predicted octanol–water partition coefficient (Wildman–Crippen LogP) is 6.94. The molecule has 5 aliphatic rings. The summed E-state index contributed by atoms with van der Waals surface area (Å²) in [5.41, 5.74) is 3.51. The minimum Gasteiger partial charge on any atom is -0.490 e. The van der Waals surface area contributed by atoms with Crippen LogP contribution in [0.4, 0.5) is 5.69 Å². The van der Waals surface area contributed by atoms with Crippen LogP contribution in [0, 0.1) is 17.8 Å². The third kappa shape index (κ3) is 7.22. The lowest BCUT2D eigenvalue weighted by Crippen LogP contribution is -2.49. The SMILES string of the molecule is COc1nn(C2CC2)cc1C(=O)NS1(=O)=NC(=O)c2ccc3c(c2)N(C[C@@H]2CC[C@H]2[C@@H](OC)/C=C/C[C@H](C)C1)C[C@@]1(CCCc2cc(Cl)ccc21)CO3. The van der Waals surface area contributed by atoms with E-state index in [2.05, 4.69) is 43.4 Å². The van der Waals surface area contributed by atoms with E-state index in [1.165, 1.54) is 18.2 Å². The highest BCUT2D eigenvalue weighted by Crippen LogP contribution is 2.47. The predicted molar refractivity (Wildman–Crippen MR) is 204 cm³/mol. The van der Waals surface area contributed by atoms with E-state index < -0.39 is 21.7 Å². The molecule has 11 nitrogen and oxygen atoms in total. The second-order valence-electron chi connectivity index (χ2n) is 15.7. The van der Waals surface area contributed by atoms with Crippen LogP contribution < -0.4 is 19.1 Å². The van der Waals surface area contributed by atoms with Crippen molar-refractivity contribution < 1.29 is 28.0 Å². The zero-order valence-electron chi connectivity index (χ0n) is 30.6. The Morgan fingerprint density at radius 2 is 1.98 bits per heavy atom. The Morgan fingerprint density at radius 3 is 2.74 bits per heavy atom. The maximum Gasteiger partial charge on any atom is 0.286 e. The van der Waals surface area contributed by atoms with Gasteiger partial charge in [0, 0.05) is 42.4 Å². The van der Waals surface area contributed by atoms with Gasteiger partial charge in [0.25, 0.3) is 11.8 Å². The highest BCUT2D eigenvalue weighted by Gasteiger charge is 2.44. The monoisotopic (exact) mass is 761 g/mol. The number of hydrogen-bond acceptors (Lipinski definition) is 8. The number of carbonyl (C=O) groups is 2. The van der Waals surface area contributed by atoms with Gasteiger partial charge in [-0.3, -0.25) is 19.0 Å². The maximum absolute atomic E-state index is 14.7. The molecule has 0 radical (unpaired) electrons. The molecule has 13 heteroatoms. The van der Waals surface area contributed by atoms with Gasteiger partial charge in [0.2, 0.25) is 5.88 Å². The summed E-state index contributed by atoms with van der Waals surface area (Å²) in [5.74, 6) is 0.0385. The zero-order valence-corrected chi connectivity index (χ0v) is 32.2. The molecule has 2 amide bonds. The van der Waals surface area contributed by atoms with Gasteiger partial charge in [0.15, 0.2) is 0 Å². The molecule has 1 aromatic heterocycles. The number of hydrogen-bond donors (Lipinski definition) is 1. The van der Waals surface area contributed by atoms with Crippen LogP contribution in [0.2, 0.25) is 5.02 Å². The van der Waals surface area contributed by atoms with Crippen LogP contribution in [0.15, 0.2) is 59.1 Å². The van der Waals surface area contributed by atoms with Crippen molar-refractivity contribution >= 4 is 39.0 Å². The summed E-state index contributed by atoms with van der Waals surface area (Å²) >= 11 is 6.47. The summed E-state index contributed by atoms with van der Waals surface area (Å²) in [7, 11) is -0.391. The Balaban J connectivity index is 1.19. The second kappa shape index (κ2) is 14.4. The van der Waals surface area contributed by atoms with Crippen LogP contribution >= 0.6 is 11.6 Å². The molecule has 3 heterocycles. The molecule has 2 bridgehead atoms. The lowest BCUT2D eigenvalue weighted by atomic mass is 9.68. The molecule has 282 valence electrons. The molecular formula is C40H48ClN5O6S. The fraction of sp³-hybridized carbons (Fsp3) is 0.525. The number of methoxy groups -OCH3 is 2. The first-order valence-corrected chi connectivity index (χ1v) is 20.9. The fourth-order valence-corrected chi connectivity index (χ4v) is 10.9. The first kappa shape index (κ1) is 36.1. The normalized spacial score (nSPS) is 30.5. The molecule has 3 aliphatic carbocycles. The average Bonchev–Trinajstić information content (AvgIpc) is 3.90. The van der Waals surface area contributed by atoms with Crippen LogP contribution in [-0.4, -0.2) is 71.6 Å². The van der Waals surface area contributed by atoms with Crippen molar-refractivity contribution in [3.63, 3.8) is 0 Å². The van der Waals surface area contributed by atoms with Crippen LogP contribution in [0.1, 0.15) is 89.8 Å². The quantitative estimate of drug-likeness (QED) is 0.278. The number of fused-ring (bicyclic) bond motifs is 4. The van der Waals surface area contributed by atoms with E-state index in [9.17, 15) is 13.8 Å². The van der Waals surface area contributed by atoms with Gasteiger partial charge in [0.05, 0.1) is 37.3 Å². The Kier molecular flexibility index (Phi) is 9.82. The Morgan fingerprint density at radius 1 is 1.13 bits per heavy atom. The number of amides is 2. The molecule has 2 fully saturated rings. The highest BCUT2D eigenvalue weighted by molar-refractivity contribution is 7.92. The number of anilines is 1. The molecule has 2 saturated carbocycles. The third-order valence-electron chi connectivity index (χ3n) is 11.8. The summed E-state index contributed by atoms with van der Waals surface area (Å²) < 4.78 is 41.5. The number of nitrogens with one attached hydrogen (secondary N) is 1. The molecular weight excluding hydrogens is 714 g/mol. The van der Waals surface area contributed by atoms with Crippen LogP contribution in [0.3, 0.4) is 0 Å². The van der Waals surface area contributed by atoms with Crippen molar-refractivity contribution in [3.8, 4) is 11.6 Å². The summed E-state index contributed by atoms with van der Waals surface area (Å²) in [6.07, 6.45) is 13.4. The van der Waals surface area contributed by atoms with Gasteiger partial charge in [-0.15, -0.1) is 9.46 Å². The molecule has 53 heavy (non-hydrogen) atoms. The van der Waals surface area contributed by atoms with Crippen LogP contribution in [0.25, 0.3) is 0 Å². The molecule has 1 N–H and O–H groups in total. The lowest BCUT2D eigenvalue weighted by Gasteiger charge is -2.46. The Hall–Kier alpha value is -3.87. The van der Waals surface area contributed by atoms with E-state index in [0.717, 1.165) is 62.2 Å². The third-order valence-corrected chi connectivity index (χ3v) is 14.0. The van der Waals surface area contributed by atoms with E-state index in [1.807, 2.05) is 25.1 Å². The van der Waals surface area contributed by atoms with Gasteiger partial charge >= 0.3 is 0 Å². The number of benzene rings is 2. The largest absolute Gasteiger partial charge is 0.490 e. The van der Waals surface area contributed by atoms with Crippen molar-refractivity contribution in [2.24, 2.45) is 22.1 Å². The Labute approximate surface area is 316 Å². The number of rotatable bonds is 5. The number of carbonyl (C=O) groups excluding carboxylic acids is 2. The molecule has 6 atom stereocenters. The van der Waals surface area contributed by atoms with Gasteiger partial charge in [-0.25, -0.2) is 4.21 Å². The Bertz CT molecular complexity index is 2070. The van der Waals surface area contributed by atoms with Crippen molar-refractivity contribution in [2.45, 2.75) is 75.9 Å². The smallest absolute Gasteiger partial charge is 0.286 e. The summed E-state index contributed by atoms with van der Waals surface area (Å²) in [6, 6.07) is 11.8. The number of aryl methyl sites for hydroxylation is 1. The van der Waals surface area contributed by atoms with E-state index in [-0.39, 0.29) is 46.2 Å². The van der Waals surface area contributed by atoms with Crippen molar-refractivity contribution in [1.29, 1.82) is 0 Å². The zero-order chi connectivity index (χ0) is 36.9. The van der Waals surface area contributed by atoms with Gasteiger partial charge < -0.3 is 19.1 Å². The first-order chi connectivity index (χ1) is 25.6. The minimum atomic E-state index is -3.60. The van der Waals surface area contributed by atoms with E-state index in [0.29, 0.717) is 37.2 Å². The number of allylic oxidation sites excluding steroid dienone is 1. The highest BCUT2D eigenvalue weighted by atomic mass is 35.5. The number of nitrogens with zero attached hydrogens (tertiary/aromatic N) is 4. The van der Waals surface area contributed by atoms with Gasteiger partial charge in [0.1, 0.15) is 21.2 Å². The molecule has 3 aromatic rings. The van der Waals surface area contributed by atoms with Crippen molar-refractivity contribution in [1.82, 2.24) is 14.5 Å². The summed E-state index contributed by atoms with van der Waals surface area (Å²) in [6.45, 7) is 3.93. The lowest BCUT2D eigenvalue weighted by molar-refractivity contribution is 0.0131. The minimum absolute atomic E-state index is 0.0241. The van der Waals surface area contributed by atoms with E-state index >= 15 is 0 Å². The first-order valence-electron chi connectivity index (χ1n) is 18.8. The van der Waals surface area contributed by atoms with Crippen LogP contribution in [-0.2, 0) is 26.5 Å². The average molecular weight is 762 g/mol.